The molecule has 1 rings (SSSR count). The zero-order valence-electron chi connectivity index (χ0n) is 9.26. The molecule has 0 aliphatic heterocycles. The van der Waals surface area contributed by atoms with Gasteiger partial charge in [-0.25, -0.2) is 17.5 Å². The van der Waals surface area contributed by atoms with Gasteiger partial charge in [-0.3, -0.25) is 0 Å². The Kier molecular flexibility index (Phi) is 4.06. The van der Waals surface area contributed by atoms with Crippen molar-refractivity contribution >= 4 is 27.3 Å². The first kappa shape index (κ1) is 13.1. The lowest BCUT2D eigenvalue weighted by atomic mass is 10.5. The van der Waals surface area contributed by atoms with Crippen LogP contribution >= 0.6 is 11.3 Å². The molecule has 16 heavy (non-hydrogen) atoms. The molecule has 0 fully saturated rings. The monoisotopic (exact) mass is 263 g/mol. The zero-order valence-corrected chi connectivity index (χ0v) is 10.9. The molecule has 1 aromatic rings. The summed E-state index contributed by atoms with van der Waals surface area (Å²) < 4.78 is 29.4. The van der Waals surface area contributed by atoms with E-state index in [0.717, 1.165) is 15.6 Å². The SMILES string of the molecule is CCOC(=O)c1ccc(S(=O)(=O)N(C)C)s1. The van der Waals surface area contributed by atoms with Crippen molar-refractivity contribution in [2.24, 2.45) is 0 Å². The van der Waals surface area contributed by atoms with Crippen LogP contribution in [-0.4, -0.2) is 39.4 Å². The number of carbonyl (C=O) groups is 1. The summed E-state index contributed by atoms with van der Waals surface area (Å²) in [7, 11) is -0.573. The molecule has 0 radical (unpaired) electrons. The fourth-order valence-electron chi connectivity index (χ4n) is 0.951. The molecule has 0 N–H and O–H groups in total. The minimum Gasteiger partial charge on any atom is -0.462 e. The molecule has 0 saturated heterocycles. The Morgan fingerprint density at radius 2 is 2.06 bits per heavy atom. The molecule has 0 saturated carbocycles. The van der Waals surface area contributed by atoms with Crippen molar-refractivity contribution < 1.29 is 17.9 Å². The van der Waals surface area contributed by atoms with Crippen LogP contribution in [0.2, 0.25) is 0 Å². The van der Waals surface area contributed by atoms with E-state index in [1.54, 1.807) is 6.92 Å². The first-order valence-corrected chi connectivity index (χ1v) is 6.84. The van der Waals surface area contributed by atoms with Crippen LogP contribution in [0.4, 0.5) is 0 Å². The summed E-state index contributed by atoms with van der Waals surface area (Å²) in [5, 5.41) is 0. The highest BCUT2D eigenvalue weighted by Gasteiger charge is 2.21. The minimum absolute atomic E-state index is 0.139. The number of rotatable bonds is 4. The lowest BCUT2D eigenvalue weighted by molar-refractivity contribution is 0.0532. The van der Waals surface area contributed by atoms with Gasteiger partial charge in [0.1, 0.15) is 9.09 Å². The van der Waals surface area contributed by atoms with Gasteiger partial charge in [0.25, 0.3) is 10.0 Å². The molecule has 5 nitrogen and oxygen atoms in total. The molecule has 7 heteroatoms. The van der Waals surface area contributed by atoms with Crippen LogP contribution < -0.4 is 0 Å². The van der Waals surface area contributed by atoms with Crippen molar-refractivity contribution in [1.82, 2.24) is 4.31 Å². The van der Waals surface area contributed by atoms with E-state index in [9.17, 15) is 13.2 Å². The van der Waals surface area contributed by atoms with Crippen LogP contribution in [-0.2, 0) is 14.8 Å². The molecule has 90 valence electrons. The average Bonchev–Trinajstić information content (AvgIpc) is 2.67. The van der Waals surface area contributed by atoms with Crippen molar-refractivity contribution in [2.75, 3.05) is 20.7 Å². The summed E-state index contributed by atoms with van der Waals surface area (Å²) in [5.74, 6) is -0.493. The van der Waals surface area contributed by atoms with Gasteiger partial charge in [0.05, 0.1) is 6.61 Å². The van der Waals surface area contributed by atoms with Gasteiger partial charge < -0.3 is 4.74 Å². The van der Waals surface area contributed by atoms with Gasteiger partial charge in [-0.15, -0.1) is 11.3 Å². The van der Waals surface area contributed by atoms with Gasteiger partial charge in [0.2, 0.25) is 0 Å². The van der Waals surface area contributed by atoms with Crippen LogP contribution in [0.25, 0.3) is 0 Å². The smallest absolute Gasteiger partial charge is 0.348 e. The fraction of sp³-hybridized carbons (Fsp3) is 0.444. The molecule has 0 aromatic carbocycles. The molecule has 0 atom stereocenters. The van der Waals surface area contributed by atoms with Crippen LogP contribution in [0.15, 0.2) is 16.3 Å². The quantitative estimate of drug-likeness (QED) is 0.765. The van der Waals surface area contributed by atoms with Crippen molar-refractivity contribution in [1.29, 1.82) is 0 Å². The molecule has 0 bridgehead atoms. The van der Waals surface area contributed by atoms with Gasteiger partial charge >= 0.3 is 5.97 Å². The molecule has 0 aliphatic carbocycles. The molecule has 1 heterocycles. The summed E-state index contributed by atoms with van der Waals surface area (Å²) in [6.07, 6.45) is 0. The van der Waals surface area contributed by atoms with Gasteiger partial charge in [-0.2, -0.15) is 0 Å². The predicted molar refractivity (Wildman–Crippen MR) is 61.1 cm³/mol. The van der Waals surface area contributed by atoms with Crippen molar-refractivity contribution in [2.45, 2.75) is 11.1 Å². The third kappa shape index (κ3) is 2.60. The second kappa shape index (κ2) is 4.94. The highest BCUT2D eigenvalue weighted by molar-refractivity contribution is 7.91. The molecular weight excluding hydrogens is 250 g/mol. The summed E-state index contributed by atoms with van der Waals surface area (Å²) in [5.41, 5.74) is 0. The average molecular weight is 263 g/mol. The molecule has 0 unspecified atom stereocenters. The number of hydrogen-bond donors (Lipinski definition) is 0. The van der Waals surface area contributed by atoms with Gasteiger partial charge in [0, 0.05) is 14.1 Å². The number of carbonyl (C=O) groups excluding carboxylic acids is 1. The largest absolute Gasteiger partial charge is 0.462 e. The highest BCUT2D eigenvalue weighted by atomic mass is 32.2. The summed E-state index contributed by atoms with van der Waals surface area (Å²) in [6.45, 7) is 1.97. The van der Waals surface area contributed by atoms with Crippen LogP contribution in [0, 0.1) is 0 Å². The van der Waals surface area contributed by atoms with E-state index in [0.29, 0.717) is 4.88 Å². The highest BCUT2D eigenvalue weighted by Crippen LogP contribution is 2.24. The Morgan fingerprint density at radius 3 is 2.56 bits per heavy atom. The normalized spacial score (nSPS) is 11.8. The first-order valence-electron chi connectivity index (χ1n) is 4.59. The fourth-order valence-corrected chi connectivity index (χ4v) is 3.32. The van der Waals surface area contributed by atoms with E-state index in [4.69, 9.17) is 4.74 Å². The second-order valence-corrected chi connectivity index (χ2v) is 6.59. The summed E-state index contributed by atoms with van der Waals surface area (Å²) >= 11 is 0.912. The summed E-state index contributed by atoms with van der Waals surface area (Å²) in [6, 6.07) is 2.87. The van der Waals surface area contributed by atoms with Crippen LogP contribution in [0.3, 0.4) is 0 Å². The van der Waals surface area contributed by atoms with Gasteiger partial charge in [-0.1, -0.05) is 0 Å². The Bertz CT molecular complexity index is 475. The van der Waals surface area contributed by atoms with E-state index in [-0.39, 0.29) is 10.8 Å². The minimum atomic E-state index is -3.46. The van der Waals surface area contributed by atoms with Gasteiger partial charge in [-0.05, 0) is 19.1 Å². The number of sulfonamides is 1. The number of nitrogens with zero attached hydrogens (tertiary/aromatic N) is 1. The third-order valence-electron chi connectivity index (χ3n) is 1.79. The van der Waals surface area contributed by atoms with Crippen molar-refractivity contribution in [3.05, 3.63) is 17.0 Å². The lowest BCUT2D eigenvalue weighted by Gasteiger charge is -2.08. The topological polar surface area (TPSA) is 63.7 Å². The molecular formula is C9H13NO4S2. The maximum Gasteiger partial charge on any atom is 0.348 e. The zero-order chi connectivity index (χ0) is 12.3. The number of ether oxygens (including phenoxy) is 1. The van der Waals surface area contributed by atoms with E-state index >= 15 is 0 Å². The standard InChI is InChI=1S/C9H13NO4S2/c1-4-14-9(11)7-5-6-8(15-7)16(12,13)10(2)3/h5-6H,4H2,1-3H3. The second-order valence-electron chi connectivity index (χ2n) is 3.13. The molecule has 0 amide bonds. The lowest BCUT2D eigenvalue weighted by Crippen LogP contribution is -2.21. The maximum atomic E-state index is 11.7. The van der Waals surface area contributed by atoms with E-state index in [1.165, 1.54) is 26.2 Å². The van der Waals surface area contributed by atoms with Crippen molar-refractivity contribution in [3.63, 3.8) is 0 Å². The molecule has 0 aliphatic rings. The molecule has 1 aromatic heterocycles. The number of esters is 1. The van der Waals surface area contributed by atoms with Crippen LogP contribution in [0.5, 0.6) is 0 Å². The van der Waals surface area contributed by atoms with Gasteiger partial charge in [0.15, 0.2) is 0 Å². The Hall–Kier alpha value is -0.920. The Labute approximate surface area is 98.7 Å². The van der Waals surface area contributed by atoms with E-state index in [2.05, 4.69) is 0 Å². The van der Waals surface area contributed by atoms with E-state index < -0.39 is 16.0 Å². The summed E-state index contributed by atoms with van der Waals surface area (Å²) in [4.78, 5) is 11.6. The number of hydrogen-bond acceptors (Lipinski definition) is 5. The first-order chi connectivity index (χ1) is 7.39. The Morgan fingerprint density at radius 1 is 1.44 bits per heavy atom. The predicted octanol–water partition coefficient (Wildman–Crippen LogP) is 1.18. The van der Waals surface area contributed by atoms with E-state index in [1.807, 2.05) is 0 Å². The number of thiophene rings is 1. The Balaban J connectivity index is 3.00. The third-order valence-corrected chi connectivity index (χ3v) is 5.14. The van der Waals surface area contributed by atoms with Crippen LogP contribution in [0.1, 0.15) is 16.6 Å². The van der Waals surface area contributed by atoms with Crippen molar-refractivity contribution in [3.8, 4) is 0 Å². The molecule has 0 spiro atoms. The maximum absolute atomic E-state index is 11.7.